The molecule has 0 spiro atoms. The Morgan fingerprint density at radius 2 is 2.06 bits per heavy atom. The van der Waals surface area contributed by atoms with Gasteiger partial charge >= 0.3 is 5.97 Å². The van der Waals surface area contributed by atoms with E-state index in [0.29, 0.717) is 5.56 Å². The highest BCUT2D eigenvalue weighted by molar-refractivity contribution is 7.89. The zero-order valence-corrected chi connectivity index (χ0v) is 10.8. The minimum absolute atomic E-state index is 0.0950. The highest BCUT2D eigenvalue weighted by atomic mass is 35.5. The van der Waals surface area contributed by atoms with Crippen LogP contribution in [0.3, 0.4) is 0 Å². The Labute approximate surface area is 104 Å². The van der Waals surface area contributed by atoms with Crippen molar-refractivity contribution < 1.29 is 18.3 Å². The summed E-state index contributed by atoms with van der Waals surface area (Å²) in [6.07, 6.45) is 0. The summed E-state index contributed by atoms with van der Waals surface area (Å²) in [6.45, 7) is 2.91. The molecule has 2 N–H and O–H groups in total. The van der Waals surface area contributed by atoms with E-state index in [-0.39, 0.29) is 9.92 Å². The lowest BCUT2D eigenvalue weighted by Crippen LogP contribution is -2.38. The predicted molar refractivity (Wildman–Crippen MR) is 63.6 cm³/mol. The molecule has 0 fully saturated rings. The molecule has 1 atom stereocenters. The van der Waals surface area contributed by atoms with Crippen LogP contribution in [0.1, 0.15) is 12.5 Å². The summed E-state index contributed by atoms with van der Waals surface area (Å²) in [5, 5.41) is 8.75. The van der Waals surface area contributed by atoms with Gasteiger partial charge in [-0.15, -0.1) is 0 Å². The SMILES string of the molecule is Cc1cccc(S(=O)(=O)N[C@H](C)C(=O)O)c1Cl. The molecule has 0 heterocycles. The number of hydrogen-bond donors (Lipinski definition) is 2. The fraction of sp³-hybridized carbons (Fsp3) is 0.300. The van der Waals surface area contributed by atoms with Crippen molar-refractivity contribution in [3.05, 3.63) is 28.8 Å². The van der Waals surface area contributed by atoms with Crippen molar-refractivity contribution in [2.45, 2.75) is 24.8 Å². The topological polar surface area (TPSA) is 83.5 Å². The van der Waals surface area contributed by atoms with Crippen LogP contribution in [0, 0.1) is 6.92 Å². The minimum atomic E-state index is -3.92. The largest absolute Gasteiger partial charge is 0.480 e. The third-order valence-corrected chi connectivity index (χ3v) is 4.35. The zero-order chi connectivity index (χ0) is 13.2. The number of carboxylic acid groups (broad SMARTS) is 1. The first kappa shape index (κ1) is 14.0. The van der Waals surface area contributed by atoms with Crippen molar-refractivity contribution in [3.63, 3.8) is 0 Å². The monoisotopic (exact) mass is 277 g/mol. The molecule has 0 bridgehead atoms. The van der Waals surface area contributed by atoms with Crippen molar-refractivity contribution in [1.29, 1.82) is 0 Å². The Hall–Kier alpha value is -1.11. The lowest BCUT2D eigenvalue weighted by molar-refractivity contribution is -0.138. The molecule has 0 radical (unpaired) electrons. The molecule has 0 amide bonds. The molecule has 0 saturated carbocycles. The number of aliphatic carboxylic acids is 1. The van der Waals surface area contributed by atoms with Crippen LogP contribution in [0.4, 0.5) is 0 Å². The lowest BCUT2D eigenvalue weighted by Gasteiger charge is -2.12. The number of aryl methyl sites for hydroxylation is 1. The number of nitrogens with one attached hydrogen (secondary N) is 1. The van der Waals surface area contributed by atoms with Crippen LogP contribution >= 0.6 is 11.6 Å². The molecule has 7 heteroatoms. The first-order valence-corrected chi connectivity index (χ1v) is 6.62. The molecule has 94 valence electrons. The van der Waals surface area contributed by atoms with E-state index in [9.17, 15) is 13.2 Å². The van der Waals surface area contributed by atoms with Gasteiger partial charge in [0.2, 0.25) is 10.0 Å². The average molecular weight is 278 g/mol. The van der Waals surface area contributed by atoms with E-state index in [2.05, 4.69) is 0 Å². The van der Waals surface area contributed by atoms with E-state index < -0.39 is 22.0 Å². The molecular weight excluding hydrogens is 266 g/mol. The van der Waals surface area contributed by atoms with E-state index in [4.69, 9.17) is 16.7 Å². The van der Waals surface area contributed by atoms with Gasteiger partial charge in [-0.2, -0.15) is 4.72 Å². The van der Waals surface area contributed by atoms with Crippen molar-refractivity contribution in [2.75, 3.05) is 0 Å². The summed E-state index contributed by atoms with van der Waals surface area (Å²) in [5.41, 5.74) is 0.609. The van der Waals surface area contributed by atoms with Crippen molar-refractivity contribution in [1.82, 2.24) is 4.72 Å². The van der Waals surface area contributed by atoms with Crippen LogP contribution in [-0.4, -0.2) is 25.5 Å². The molecule has 17 heavy (non-hydrogen) atoms. The highest BCUT2D eigenvalue weighted by Gasteiger charge is 2.23. The molecular formula is C10H12ClNO4S. The maximum atomic E-state index is 11.9. The summed E-state index contributed by atoms with van der Waals surface area (Å²) in [7, 11) is -3.92. The second-order valence-electron chi connectivity index (χ2n) is 3.57. The summed E-state index contributed by atoms with van der Waals surface area (Å²) < 4.78 is 25.8. The number of carbonyl (C=O) groups is 1. The molecule has 1 rings (SSSR count). The van der Waals surface area contributed by atoms with Crippen molar-refractivity contribution >= 4 is 27.6 Å². The van der Waals surface area contributed by atoms with Crippen molar-refractivity contribution in [3.8, 4) is 0 Å². The number of hydrogen-bond acceptors (Lipinski definition) is 3. The molecule has 0 aliphatic carbocycles. The molecule has 0 saturated heterocycles. The molecule has 1 aromatic rings. The predicted octanol–water partition coefficient (Wildman–Crippen LogP) is 1.40. The van der Waals surface area contributed by atoms with Crippen LogP contribution in [-0.2, 0) is 14.8 Å². The Bertz CT molecular complexity index is 541. The maximum absolute atomic E-state index is 11.9. The second-order valence-corrected chi connectivity index (χ2v) is 5.63. The van der Waals surface area contributed by atoms with Crippen molar-refractivity contribution in [2.24, 2.45) is 0 Å². The molecule has 0 aromatic heterocycles. The third kappa shape index (κ3) is 3.18. The first-order valence-electron chi connectivity index (χ1n) is 4.76. The van der Waals surface area contributed by atoms with Gasteiger partial charge in [0.25, 0.3) is 0 Å². The van der Waals surface area contributed by atoms with Gasteiger partial charge in [-0.25, -0.2) is 8.42 Å². The Morgan fingerprint density at radius 3 is 2.59 bits per heavy atom. The van der Waals surface area contributed by atoms with Crippen LogP contribution in [0.5, 0.6) is 0 Å². The Kier molecular flexibility index (Phi) is 4.13. The van der Waals surface area contributed by atoms with E-state index in [0.717, 1.165) is 0 Å². The second kappa shape index (κ2) is 5.03. The van der Waals surface area contributed by atoms with E-state index >= 15 is 0 Å². The maximum Gasteiger partial charge on any atom is 0.321 e. The standard InChI is InChI=1S/C10H12ClNO4S/c1-6-4-3-5-8(9(6)11)17(15,16)12-7(2)10(13)14/h3-5,7,12H,1-2H3,(H,13,14)/t7-/m1/s1. The average Bonchev–Trinajstić information content (AvgIpc) is 2.21. The summed E-state index contributed by atoms with van der Waals surface area (Å²) in [4.78, 5) is 10.5. The van der Waals surface area contributed by atoms with Crippen LogP contribution in [0.25, 0.3) is 0 Å². The molecule has 0 aliphatic heterocycles. The fourth-order valence-corrected chi connectivity index (χ4v) is 2.95. The number of carboxylic acids is 1. The zero-order valence-electron chi connectivity index (χ0n) is 9.27. The van der Waals surface area contributed by atoms with Gasteiger partial charge < -0.3 is 5.11 Å². The van der Waals surface area contributed by atoms with Gasteiger partial charge in [0.05, 0.1) is 5.02 Å². The molecule has 1 aromatic carbocycles. The van der Waals surface area contributed by atoms with Gasteiger partial charge in [0.15, 0.2) is 0 Å². The number of rotatable bonds is 4. The number of halogens is 1. The normalized spacial score (nSPS) is 13.4. The fourth-order valence-electron chi connectivity index (χ4n) is 1.17. The quantitative estimate of drug-likeness (QED) is 0.871. The van der Waals surface area contributed by atoms with E-state index in [1.165, 1.54) is 13.0 Å². The minimum Gasteiger partial charge on any atom is -0.480 e. The Morgan fingerprint density at radius 1 is 1.47 bits per heavy atom. The number of sulfonamides is 1. The summed E-state index contributed by atoms with van der Waals surface area (Å²) >= 11 is 5.87. The Balaban J connectivity index is 3.14. The first-order chi connectivity index (χ1) is 7.75. The highest BCUT2D eigenvalue weighted by Crippen LogP contribution is 2.24. The molecule has 5 nitrogen and oxygen atoms in total. The number of benzene rings is 1. The third-order valence-electron chi connectivity index (χ3n) is 2.15. The van der Waals surface area contributed by atoms with Gasteiger partial charge in [-0.3, -0.25) is 4.79 Å². The van der Waals surface area contributed by atoms with E-state index in [1.807, 2.05) is 4.72 Å². The van der Waals surface area contributed by atoms with Crippen LogP contribution in [0.2, 0.25) is 5.02 Å². The van der Waals surface area contributed by atoms with Crippen LogP contribution < -0.4 is 4.72 Å². The summed E-state index contributed by atoms with van der Waals surface area (Å²) in [5.74, 6) is -1.25. The van der Waals surface area contributed by atoms with Gasteiger partial charge in [0.1, 0.15) is 10.9 Å². The molecule has 0 aliphatic rings. The lowest BCUT2D eigenvalue weighted by atomic mass is 10.2. The van der Waals surface area contributed by atoms with E-state index in [1.54, 1.807) is 19.1 Å². The molecule has 0 unspecified atom stereocenters. The van der Waals surface area contributed by atoms with Gasteiger partial charge in [-0.1, -0.05) is 23.7 Å². The van der Waals surface area contributed by atoms with Gasteiger partial charge in [-0.05, 0) is 25.5 Å². The van der Waals surface area contributed by atoms with Crippen LogP contribution in [0.15, 0.2) is 23.1 Å². The smallest absolute Gasteiger partial charge is 0.321 e. The summed E-state index contributed by atoms with van der Waals surface area (Å²) in [6, 6.07) is 3.33. The van der Waals surface area contributed by atoms with Gasteiger partial charge in [0, 0.05) is 0 Å².